The summed E-state index contributed by atoms with van der Waals surface area (Å²) >= 11 is 0. The largest absolute Gasteiger partial charge is 0.444 e. The Labute approximate surface area is 191 Å². The smallest absolute Gasteiger partial charge is 0.412 e. The van der Waals surface area contributed by atoms with Gasteiger partial charge in [0.2, 0.25) is 0 Å². The Morgan fingerprint density at radius 2 is 1.52 bits per heavy atom. The third-order valence-electron chi connectivity index (χ3n) is 5.30. The fourth-order valence-electron chi connectivity index (χ4n) is 3.70. The first-order valence-electron chi connectivity index (χ1n) is 11.4. The van der Waals surface area contributed by atoms with Crippen LogP contribution in [-0.2, 0) is 13.9 Å². The SMILES string of the molecule is CN(CC[C@]1(O[SiH](C)C)C[C@H](C(C)(C)C)CN1C(=O)OC(C)(C)C)C(=O)OC(C)(C)C. The maximum atomic E-state index is 13.2. The van der Waals surface area contributed by atoms with Gasteiger partial charge in [-0.2, -0.15) is 0 Å². The average Bonchev–Trinajstić information content (AvgIpc) is 2.88. The molecule has 8 heteroatoms. The van der Waals surface area contributed by atoms with Crippen LogP contribution in [0, 0.1) is 11.3 Å². The van der Waals surface area contributed by atoms with E-state index in [0.29, 0.717) is 19.5 Å². The number of hydrogen-bond donors (Lipinski definition) is 0. The summed E-state index contributed by atoms with van der Waals surface area (Å²) in [5.41, 5.74) is -1.92. The van der Waals surface area contributed by atoms with Crippen molar-refractivity contribution in [1.29, 1.82) is 0 Å². The van der Waals surface area contributed by atoms with Gasteiger partial charge in [-0.05, 0) is 72.4 Å². The fraction of sp³-hybridized carbons (Fsp3) is 0.913. The second-order valence-corrected chi connectivity index (χ2v) is 14.5. The van der Waals surface area contributed by atoms with Crippen molar-refractivity contribution in [3.63, 3.8) is 0 Å². The summed E-state index contributed by atoms with van der Waals surface area (Å²) in [5.74, 6) is 0.264. The lowest BCUT2D eigenvalue weighted by Gasteiger charge is -2.41. The molecule has 0 N–H and O–H groups in total. The number of rotatable bonds is 5. The number of carbonyl (C=O) groups is 2. The molecule has 0 saturated carbocycles. The van der Waals surface area contributed by atoms with Crippen LogP contribution < -0.4 is 0 Å². The number of hydrogen-bond acceptors (Lipinski definition) is 5. The zero-order chi connectivity index (χ0) is 24.4. The molecule has 0 aromatic carbocycles. The summed E-state index contributed by atoms with van der Waals surface area (Å²) in [6, 6.07) is 0. The summed E-state index contributed by atoms with van der Waals surface area (Å²) in [6.45, 7) is 23.0. The van der Waals surface area contributed by atoms with Gasteiger partial charge in [0, 0.05) is 26.6 Å². The van der Waals surface area contributed by atoms with E-state index in [2.05, 4.69) is 33.9 Å². The van der Waals surface area contributed by atoms with E-state index in [1.807, 2.05) is 41.5 Å². The Morgan fingerprint density at radius 1 is 1.00 bits per heavy atom. The zero-order valence-corrected chi connectivity index (χ0v) is 23.1. The third-order valence-corrected chi connectivity index (χ3v) is 6.21. The minimum absolute atomic E-state index is 0.0149. The molecule has 1 aliphatic rings. The minimum atomic E-state index is -1.51. The monoisotopic (exact) mass is 458 g/mol. The van der Waals surface area contributed by atoms with Crippen LogP contribution in [-0.4, -0.2) is 68.1 Å². The van der Waals surface area contributed by atoms with E-state index in [4.69, 9.17) is 13.9 Å². The predicted molar refractivity (Wildman–Crippen MR) is 127 cm³/mol. The molecule has 182 valence electrons. The topological polar surface area (TPSA) is 68.3 Å². The number of amides is 2. The van der Waals surface area contributed by atoms with Crippen LogP contribution in [0.5, 0.6) is 0 Å². The molecule has 0 spiro atoms. The molecule has 0 aromatic heterocycles. The van der Waals surface area contributed by atoms with E-state index in [-0.39, 0.29) is 23.5 Å². The van der Waals surface area contributed by atoms with Crippen LogP contribution in [0.1, 0.15) is 75.2 Å². The predicted octanol–water partition coefficient (Wildman–Crippen LogP) is 5.24. The van der Waals surface area contributed by atoms with Gasteiger partial charge in [-0.1, -0.05) is 20.8 Å². The Kier molecular flexibility index (Phi) is 8.67. The van der Waals surface area contributed by atoms with Gasteiger partial charge in [0.25, 0.3) is 0 Å². The molecule has 1 saturated heterocycles. The normalized spacial score (nSPS) is 22.6. The van der Waals surface area contributed by atoms with E-state index in [1.165, 1.54) is 0 Å². The molecular formula is C23H46N2O5Si. The van der Waals surface area contributed by atoms with Crippen LogP contribution in [0.25, 0.3) is 0 Å². The second kappa shape index (κ2) is 9.69. The van der Waals surface area contributed by atoms with Crippen molar-refractivity contribution in [3.05, 3.63) is 0 Å². The lowest BCUT2D eigenvalue weighted by Crippen LogP contribution is -2.54. The molecule has 0 radical (unpaired) electrons. The molecule has 0 aliphatic carbocycles. The molecule has 31 heavy (non-hydrogen) atoms. The number of likely N-dealkylation sites (tertiary alicyclic amines) is 1. The maximum absolute atomic E-state index is 13.2. The number of ether oxygens (including phenoxy) is 2. The Balaban J connectivity index is 3.19. The van der Waals surface area contributed by atoms with Crippen molar-refractivity contribution in [2.75, 3.05) is 20.1 Å². The van der Waals surface area contributed by atoms with Gasteiger partial charge in [-0.3, -0.25) is 4.90 Å². The van der Waals surface area contributed by atoms with Gasteiger partial charge >= 0.3 is 12.2 Å². The van der Waals surface area contributed by atoms with E-state index < -0.39 is 26.0 Å². The van der Waals surface area contributed by atoms with Crippen LogP contribution in [0.4, 0.5) is 9.59 Å². The van der Waals surface area contributed by atoms with Crippen molar-refractivity contribution < 1.29 is 23.5 Å². The van der Waals surface area contributed by atoms with Crippen LogP contribution in [0.2, 0.25) is 13.1 Å². The maximum Gasteiger partial charge on any atom is 0.412 e. The van der Waals surface area contributed by atoms with E-state index >= 15 is 0 Å². The highest BCUT2D eigenvalue weighted by atomic mass is 28.3. The van der Waals surface area contributed by atoms with Crippen LogP contribution >= 0.6 is 0 Å². The first-order chi connectivity index (χ1) is 13.8. The van der Waals surface area contributed by atoms with Gasteiger partial charge in [0.1, 0.15) is 16.9 Å². The molecule has 0 aromatic rings. The lowest BCUT2D eigenvalue weighted by molar-refractivity contribution is -0.0759. The van der Waals surface area contributed by atoms with Crippen molar-refractivity contribution in [3.8, 4) is 0 Å². The Bertz CT molecular complexity index is 633. The molecule has 2 atom stereocenters. The third kappa shape index (κ3) is 8.64. The number of nitrogens with zero attached hydrogens (tertiary/aromatic N) is 2. The number of carbonyl (C=O) groups excluding carboxylic acids is 2. The van der Waals surface area contributed by atoms with Gasteiger partial charge in [0.05, 0.1) is 0 Å². The van der Waals surface area contributed by atoms with Gasteiger partial charge < -0.3 is 18.8 Å². The van der Waals surface area contributed by atoms with Gasteiger partial charge in [-0.15, -0.1) is 0 Å². The van der Waals surface area contributed by atoms with Crippen LogP contribution in [0.3, 0.4) is 0 Å². The van der Waals surface area contributed by atoms with E-state index in [0.717, 1.165) is 6.42 Å². The Morgan fingerprint density at radius 3 is 1.94 bits per heavy atom. The molecule has 7 nitrogen and oxygen atoms in total. The summed E-state index contributed by atoms with van der Waals surface area (Å²) in [6.07, 6.45) is 0.510. The average molecular weight is 459 g/mol. The molecule has 0 unspecified atom stereocenters. The fourth-order valence-corrected chi connectivity index (χ4v) is 4.92. The van der Waals surface area contributed by atoms with Gasteiger partial charge in [-0.25, -0.2) is 9.59 Å². The summed E-state index contributed by atoms with van der Waals surface area (Å²) in [4.78, 5) is 29.1. The zero-order valence-electron chi connectivity index (χ0n) is 21.9. The molecule has 1 fully saturated rings. The van der Waals surface area contributed by atoms with E-state index in [1.54, 1.807) is 16.8 Å². The standard InChI is InChI=1S/C23H46N2O5Si/c1-20(2,3)17-15-23(30-31(11)12,25(16-17)19(27)29-22(7,8)9)13-14-24(10)18(26)28-21(4,5)6/h17,31H,13-16H2,1-12H3/t17-,23-/m0/s1. The molecule has 1 aliphatic heterocycles. The van der Waals surface area contributed by atoms with Gasteiger partial charge in [0.15, 0.2) is 9.04 Å². The Hall–Kier alpha value is -1.28. The molecule has 1 rings (SSSR count). The molecular weight excluding hydrogens is 412 g/mol. The highest BCUT2D eigenvalue weighted by Crippen LogP contribution is 2.45. The van der Waals surface area contributed by atoms with Crippen molar-refractivity contribution >= 4 is 21.2 Å². The molecule has 2 amide bonds. The highest BCUT2D eigenvalue weighted by molar-refractivity contribution is 6.48. The molecule has 0 bridgehead atoms. The minimum Gasteiger partial charge on any atom is -0.444 e. The lowest BCUT2D eigenvalue weighted by atomic mass is 9.78. The van der Waals surface area contributed by atoms with Crippen molar-refractivity contribution in [2.45, 2.75) is 105 Å². The summed E-state index contributed by atoms with van der Waals surface area (Å²) < 4.78 is 17.8. The summed E-state index contributed by atoms with van der Waals surface area (Å²) in [7, 11) is 0.214. The van der Waals surface area contributed by atoms with Crippen molar-refractivity contribution in [1.82, 2.24) is 9.80 Å². The van der Waals surface area contributed by atoms with E-state index in [9.17, 15) is 9.59 Å². The molecule has 1 heterocycles. The summed E-state index contributed by atoms with van der Waals surface area (Å²) in [5, 5.41) is 0. The highest BCUT2D eigenvalue weighted by Gasteiger charge is 2.53. The first-order valence-corrected chi connectivity index (χ1v) is 14.2. The first kappa shape index (κ1) is 27.8. The van der Waals surface area contributed by atoms with Crippen molar-refractivity contribution in [2.24, 2.45) is 11.3 Å². The quantitative estimate of drug-likeness (QED) is 0.527. The van der Waals surface area contributed by atoms with Crippen LogP contribution in [0.15, 0.2) is 0 Å². The second-order valence-electron chi connectivity index (χ2n) is 12.1.